The van der Waals surface area contributed by atoms with E-state index in [2.05, 4.69) is 5.32 Å². The molecule has 0 spiro atoms. The highest BCUT2D eigenvalue weighted by molar-refractivity contribution is 6.32. The fourth-order valence-electron chi connectivity index (χ4n) is 1.59. The molecule has 0 heterocycles. The van der Waals surface area contributed by atoms with E-state index in [0.29, 0.717) is 29.2 Å². The van der Waals surface area contributed by atoms with Gasteiger partial charge in [0, 0.05) is 5.56 Å². The van der Waals surface area contributed by atoms with Crippen LogP contribution in [0, 0.1) is 0 Å². The van der Waals surface area contributed by atoms with Crippen LogP contribution in [-0.2, 0) is 4.79 Å². The monoisotopic (exact) mass is 285 g/mol. The molecule has 1 aromatic carbocycles. The van der Waals surface area contributed by atoms with Gasteiger partial charge >= 0.3 is 5.97 Å². The van der Waals surface area contributed by atoms with Crippen LogP contribution in [-0.4, -0.2) is 30.1 Å². The van der Waals surface area contributed by atoms with Crippen molar-refractivity contribution in [1.29, 1.82) is 0 Å². The molecular weight excluding hydrogens is 270 g/mol. The van der Waals surface area contributed by atoms with Crippen molar-refractivity contribution in [2.75, 3.05) is 7.11 Å². The summed E-state index contributed by atoms with van der Waals surface area (Å²) in [5.41, 5.74) is 0.309. The molecule has 0 aliphatic heterocycles. The Kier molecular flexibility index (Phi) is 5.63. The van der Waals surface area contributed by atoms with E-state index in [1.54, 1.807) is 0 Å². The van der Waals surface area contributed by atoms with E-state index in [1.165, 1.54) is 25.3 Å². The largest absolute Gasteiger partial charge is 0.495 e. The van der Waals surface area contributed by atoms with Gasteiger partial charge < -0.3 is 15.2 Å². The van der Waals surface area contributed by atoms with Gasteiger partial charge in [0.05, 0.1) is 12.1 Å². The summed E-state index contributed by atoms with van der Waals surface area (Å²) >= 11 is 5.86. The standard InChI is InChI=1S/C13H16ClNO4/c1-3-4-10(13(17)18)15-12(16)8-5-6-9(14)11(7-8)19-2/h5-7,10H,3-4H2,1-2H3,(H,15,16)(H,17,18). The number of carboxylic acid groups (broad SMARTS) is 1. The molecule has 0 aliphatic carbocycles. The van der Waals surface area contributed by atoms with Gasteiger partial charge in [-0.05, 0) is 24.6 Å². The van der Waals surface area contributed by atoms with E-state index >= 15 is 0 Å². The second kappa shape index (κ2) is 6.99. The molecule has 2 N–H and O–H groups in total. The van der Waals surface area contributed by atoms with Crippen molar-refractivity contribution in [2.24, 2.45) is 0 Å². The van der Waals surface area contributed by atoms with Crippen molar-refractivity contribution in [3.05, 3.63) is 28.8 Å². The maximum Gasteiger partial charge on any atom is 0.326 e. The van der Waals surface area contributed by atoms with Crippen LogP contribution >= 0.6 is 11.6 Å². The first-order chi connectivity index (χ1) is 8.99. The zero-order valence-electron chi connectivity index (χ0n) is 10.8. The SMILES string of the molecule is CCCC(NC(=O)c1ccc(Cl)c(OC)c1)C(=O)O. The molecule has 0 bridgehead atoms. The van der Waals surface area contributed by atoms with E-state index in [-0.39, 0.29) is 0 Å². The second-order valence-corrected chi connectivity index (χ2v) is 4.41. The average Bonchev–Trinajstić information content (AvgIpc) is 2.38. The van der Waals surface area contributed by atoms with Crippen LogP contribution in [0.3, 0.4) is 0 Å². The first-order valence-corrected chi connectivity index (χ1v) is 6.24. The summed E-state index contributed by atoms with van der Waals surface area (Å²) in [5.74, 6) is -1.14. The van der Waals surface area contributed by atoms with Gasteiger partial charge in [-0.15, -0.1) is 0 Å². The third-order valence-corrected chi connectivity index (χ3v) is 2.91. The topological polar surface area (TPSA) is 75.6 Å². The van der Waals surface area contributed by atoms with E-state index in [4.69, 9.17) is 21.4 Å². The molecule has 0 saturated heterocycles. The molecule has 5 nitrogen and oxygen atoms in total. The molecule has 1 atom stereocenters. The summed E-state index contributed by atoms with van der Waals surface area (Å²) in [6.45, 7) is 1.85. The van der Waals surface area contributed by atoms with Crippen molar-refractivity contribution in [2.45, 2.75) is 25.8 Å². The fraction of sp³-hybridized carbons (Fsp3) is 0.385. The summed E-state index contributed by atoms with van der Waals surface area (Å²) < 4.78 is 5.01. The zero-order chi connectivity index (χ0) is 14.4. The molecule has 0 aliphatic rings. The van der Waals surface area contributed by atoms with Gasteiger partial charge in [0.15, 0.2) is 0 Å². The molecule has 1 unspecified atom stereocenters. The number of benzene rings is 1. The van der Waals surface area contributed by atoms with E-state index in [0.717, 1.165) is 0 Å². The highest BCUT2D eigenvalue weighted by Crippen LogP contribution is 2.25. The number of carboxylic acids is 1. The van der Waals surface area contributed by atoms with Gasteiger partial charge in [0.25, 0.3) is 5.91 Å². The Morgan fingerprint density at radius 1 is 1.47 bits per heavy atom. The third-order valence-electron chi connectivity index (χ3n) is 2.59. The molecule has 19 heavy (non-hydrogen) atoms. The maximum atomic E-state index is 11.9. The number of aliphatic carboxylic acids is 1. The molecule has 0 radical (unpaired) electrons. The first-order valence-electron chi connectivity index (χ1n) is 5.86. The predicted molar refractivity (Wildman–Crippen MR) is 71.8 cm³/mol. The van der Waals surface area contributed by atoms with Crippen LogP contribution in [0.1, 0.15) is 30.1 Å². The van der Waals surface area contributed by atoms with Crippen LogP contribution < -0.4 is 10.1 Å². The van der Waals surface area contributed by atoms with Gasteiger partial charge in [-0.25, -0.2) is 4.79 Å². The Bertz CT molecular complexity index is 476. The van der Waals surface area contributed by atoms with Gasteiger partial charge in [0.1, 0.15) is 11.8 Å². The summed E-state index contributed by atoms with van der Waals surface area (Å²) in [6, 6.07) is 3.64. The van der Waals surface area contributed by atoms with Crippen LogP contribution in [0.5, 0.6) is 5.75 Å². The minimum absolute atomic E-state index is 0.309. The van der Waals surface area contributed by atoms with Crippen LogP contribution in [0.4, 0.5) is 0 Å². The quantitative estimate of drug-likeness (QED) is 0.841. The zero-order valence-corrected chi connectivity index (χ0v) is 11.5. The number of hydrogen-bond acceptors (Lipinski definition) is 3. The number of carbonyl (C=O) groups is 2. The lowest BCUT2D eigenvalue weighted by Gasteiger charge is -2.14. The van der Waals surface area contributed by atoms with Gasteiger partial charge in [-0.3, -0.25) is 4.79 Å². The number of carbonyl (C=O) groups excluding carboxylic acids is 1. The Morgan fingerprint density at radius 2 is 2.16 bits per heavy atom. The van der Waals surface area contributed by atoms with Crippen molar-refractivity contribution < 1.29 is 19.4 Å². The van der Waals surface area contributed by atoms with Crippen LogP contribution in [0.2, 0.25) is 5.02 Å². The van der Waals surface area contributed by atoms with Crippen molar-refractivity contribution in [3.8, 4) is 5.75 Å². The minimum Gasteiger partial charge on any atom is -0.495 e. The predicted octanol–water partition coefficient (Wildman–Crippen LogP) is 2.33. The van der Waals surface area contributed by atoms with Crippen molar-refractivity contribution in [1.82, 2.24) is 5.32 Å². The number of amides is 1. The Hall–Kier alpha value is -1.75. The van der Waals surface area contributed by atoms with Crippen LogP contribution in [0.15, 0.2) is 18.2 Å². The summed E-state index contributed by atoms with van der Waals surface area (Å²) in [7, 11) is 1.44. The van der Waals surface area contributed by atoms with E-state index in [1.807, 2.05) is 6.92 Å². The summed E-state index contributed by atoms with van der Waals surface area (Å²) in [5, 5.41) is 11.8. The summed E-state index contributed by atoms with van der Waals surface area (Å²) in [6.07, 6.45) is 1.05. The number of hydrogen-bond donors (Lipinski definition) is 2. The lowest BCUT2D eigenvalue weighted by Crippen LogP contribution is -2.40. The average molecular weight is 286 g/mol. The van der Waals surface area contributed by atoms with Crippen molar-refractivity contribution >= 4 is 23.5 Å². The molecular formula is C13H16ClNO4. The summed E-state index contributed by atoms with van der Waals surface area (Å²) in [4.78, 5) is 22.9. The molecule has 6 heteroatoms. The number of methoxy groups -OCH3 is 1. The lowest BCUT2D eigenvalue weighted by molar-refractivity contribution is -0.139. The van der Waals surface area contributed by atoms with Gasteiger partial charge in [-0.2, -0.15) is 0 Å². The smallest absolute Gasteiger partial charge is 0.326 e. The molecule has 0 fully saturated rings. The van der Waals surface area contributed by atoms with Gasteiger partial charge in [-0.1, -0.05) is 24.9 Å². The normalized spacial score (nSPS) is 11.7. The maximum absolute atomic E-state index is 11.9. The minimum atomic E-state index is -1.05. The first kappa shape index (κ1) is 15.3. The van der Waals surface area contributed by atoms with E-state index < -0.39 is 17.9 Å². The van der Waals surface area contributed by atoms with Gasteiger partial charge in [0.2, 0.25) is 0 Å². The molecule has 104 valence electrons. The highest BCUT2D eigenvalue weighted by Gasteiger charge is 2.20. The highest BCUT2D eigenvalue weighted by atomic mass is 35.5. The number of nitrogens with one attached hydrogen (secondary N) is 1. The van der Waals surface area contributed by atoms with E-state index in [9.17, 15) is 9.59 Å². The number of rotatable bonds is 6. The Morgan fingerprint density at radius 3 is 2.68 bits per heavy atom. The Labute approximate surface area is 116 Å². The fourth-order valence-corrected chi connectivity index (χ4v) is 1.78. The Balaban J connectivity index is 2.85. The number of ether oxygens (including phenoxy) is 1. The molecule has 0 aromatic heterocycles. The number of halogens is 1. The lowest BCUT2D eigenvalue weighted by atomic mass is 10.1. The second-order valence-electron chi connectivity index (χ2n) is 4.00. The molecule has 1 rings (SSSR count). The molecule has 0 saturated carbocycles. The molecule has 1 amide bonds. The van der Waals surface area contributed by atoms with Crippen molar-refractivity contribution in [3.63, 3.8) is 0 Å². The third kappa shape index (κ3) is 4.13. The molecule has 1 aromatic rings. The van der Waals surface area contributed by atoms with Crippen LogP contribution in [0.25, 0.3) is 0 Å².